The SMILES string of the molecule is Cc1ccc(CNc2ccc3cn[nH]c3c2)c(Br)c1. The predicted molar refractivity (Wildman–Crippen MR) is 82.3 cm³/mol. The summed E-state index contributed by atoms with van der Waals surface area (Å²) in [6.45, 7) is 2.88. The molecule has 3 aromatic rings. The molecule has 0 bridgehead atoms. The molecule has 0 spiro atoms. The molecule has 0 aliphatic heterocycles. The van der Waals surface area contributed by atoms with Gasteiger partial charge in [0.25, 0.3) is 0 Å². The van der Waals surface area contributed by atoms with Gasteiger partial charge in [0.1, 0.15) is 0 Å². The number of nitrogens with zero attached hydrogens (tertiary/aromatic N) is 1. The van der Waals surface area contributed by atoms with E-state index in [1.165, 1.54) is 11.1 Å². The molecule has 1 heterocycles. The monoisotopic (exact) mass is 315 g/mol. The van der Waals surface area contributed by atoms with E-state index in [0.717, 1.165) is 27.6 Å². The van der Waals surface area contributed by atoms with Crippen LogP contribution < -0.4 is 5.32 Å². The molecule has 4 heteroatoms. The van der Waals surface area contributed by atoms with E-state index in [4.69, 9.17) is 0 Å². The number of fused-ring (bicyclic) bond motifs is 1. The van der Waals surface area contributed by atoms with Gasteiger partial charge < -0.3 is 5.32 Å². The van der Waals surface area contributed by atoms with Gasteiger partial charge in [-0.2, -0.15) is 5.10 Å². The topological polar surface area (TPSA) is 40.7 Å². The van der Waals surface area contributed by atoms with Gasteiger partial charge in [-0.3, -0.25) is 5.10 Å². The number of aromatic amines is 1. The van der Waals surface area contributed by atoms with E-state index >= 15 is 0 Å². The summed E-state index contributed by atoms with van der Waals surface area (Å²) in [6, 6.07) is 12.6. The third kappa shape index (κ3) is 2.63. The number of hydrogen-bond acceptors (Lipinski definition) is 2. The van der Waals surface area contributed by atoms with Gasteiger partial charge in [-0.1, -0.05) is 28.1 Å². The van der Waals surface area contributed by atoms with Crippen molar-refractivity contribution in [2.75, 3.05) is 5.32 Å². The summed E-state index contributed by atoms with van der Waals surface area (Å²) in [5, 5.41) is 11.6. The van der Waals surface area contributed by atoms with Crippen LogP contribution in [0.15, 0.2) is 47.1 Å². The Balaban J connectivity index is 1.77. The van der Waals surface area contributed by atoms with Gasteiger partial charge in [0.2, 0.25) is 0 Å². The number of rotatable bonds is 3. The van der Waals surface area contributed by atoms with Crippen molar-refractivity contribution in [1.82, 2.24) is 10.2 Å². The number of benzene rings is 2. The lowest BCUT2D eigenvalue weighted by molar-refractivity contribution is 1.11. The van der Waals surface area contributed by atoms with Crippen LogP contribution in [0.3, 0.4) is 0 Å². The molecule has 0 saturated heterocycles. The zero-order valence-electron chi connectivity index (χ0n) is 10.6. The maximum absolute atomic E-state index is 4.02. The van der Waals surface area contributed by atoms with Crippen molar-refractivity contribution in [3.8, 4) is 0 Å². The van der Waals surface area contributed by atoms with Crippen LogP contribution in [-0.4, -0.2) is 10.2 Å². The first kappa shape index (κ1) is 12.2. The quantitative estimate of drug-likeness (QED) is 0.758. The summed E-state index contributed by atoms with van der Waals surface area (Å²) in [5.74, 6) is 0. The molecule has 0 fully saturated rings. The minimum atomic E-state index is 0.792. The summed E-state index contributed by atoms with van der Waals surface area (Å²) in [7, 11) is 0. The van der Waals surface area contributed by atoms with Gasteiger partial charge in [0.15, 0.2) is 0 Å². The first-order valence-electron chi connectivity index (χ1n) is 6.14. The lowest BCUT2D eigenvalue weighted by Gasteiger charge is -2.09. The number of nitrogens with one attached hydrogen (secondary N) is 2. The fourth-order valence-electron chi connectivity index (χ4n) is 2.04. The molecule has 3 nitrogen and oxygen atoms in total. The lowest BCUT2D eigenvalue weighted by Crippen LogP contribution is -2.00. The summed E-state index contributed by atoms with van der Waals surface area (Å²) in [6.07, 6.45) is 1.83. The molecule has 96 valence electrons. The highest BCUT2D eigenvalue weighted by atomic mass is 79.9. The second kappa shape index (κ2) is 5.05. The molecular weight excluding hydrogens is 302 g/mol. The van der Waals surface area contributed by atoms with Crippen LogP contribution in [0.4, 0.5) is 5.69 Å². The molecule has 0 aliphatic carbocycles. The normalized spacial score (nSPS) is 10.8. The average molecular weight is 316 g/mol. The summed E-state index contributed by atoms with van der Waals surface area (Å²) in [4.78, 5) is 0. The van der Waals surface area contributed by atoms with Crippen LogP contribution in [0.1, 0.15) is 11.1 Å². The zero-order chi connectivity index (χ0) is 13.2. The van der Waals surface area contributed by atoms with Gasteiger partial charge in [-0.15, -0.1) is 0 Å². The van der Waals surface area contributed by atoms with Gasteiger partial charge in [0.05, 0.1) is 11.7 Å². The molecule has 0 aliphatic rings. The van der Waals surface area contributed by atoms with Crippen molar-refractivity contribution in [3.05, 3.63) is 58.2 Å². The number of aromatic nitrogens is 2. The fraction of sp³-hybridized carbons (Fsp3) is 0.133. The number of hydrogen-bond donors (Lipinski definition) is 2. The Morgan fingerprint density at radius 1 is 1.21 bits per heavy atom. The standard InChI is InChI=1S/C15H14BrN3/c1-10-2-3-11(14(16)6-10)8-17-13-5-4-12-9-18-19-15(12)7-13/h2-7,9,17H,8H2,1H3,(H,18,19). The first-order chi connectivity index (χ1) is 9.22. The van der Waals surface area contributed by atoms with Crippen molar-refractivity contribution in [1.29, 1.82) is 0 Å². The van der Waals surface area contributed by atoms with Crippen LogP contribution in [0.25, 0.3) is 10.9 Å². The molecule has 0 atom stereocenters. The van der Waals surface area contributed by atoms with E-state index in [0.29, 0.717) is 0 Å². The zero-order valence-corrected chi connectivity index (χ0v) is 12.2. The van der Waals surface area contributed by atoms with Crippen molar-refractivity contribution in [2.45, 2.75) is 13.5 Å². The molecule has 0 unspecified atom stereocenters. The van der Waals surface area contributed by atoms with Gasteiger partial charge >= 0.3 is 0 Å². The van der Waals surface area contributed by atoms with Crippen LogP contribution >= 0.6 is 15.9 Å². The number of anilines is 1. The Hall–Kier alpha value is -1.81. The van der Waals surface area contributed by atoms with Crippen LogP contribution in [0.2, 0.25) is 0 Å². The molecule has 0 saturated carbocycles. The van der Waals surface area contributed by atoms with Crippen molar-refractivity contribution >= 4 is 32.5 Å². The Morgan fingerprint density at radius 3 is 2.95 bits per heavy atom. The number of aryl methyl sites for hydroxylation is 1. The maximum Gasteiger partial charge on any atom is 0.0670 e. The summed E-state index contributed by atoms with van der Waals surface area (Å²) >= 11 is 3.60. The summed E-state index contributed by atoms with van der Waals surface area (Å²) < 4.78 is 1.14. The molecule has 3 rings (SSSR count). The second-order valence-electron chi connectivity index (χ2n) is 4.62. The van der Waals surface area contributed by atoms with Crippen LogP contribution in [0.5, 0.6) is 0 Å². The predicted octanol–water partition coefficient (Wildman–Crippen LogP) is 4.25. The van der Waals surface area contributed by atoms with Gasteiger partial charge in [-0.05, 0) is 42.3 Å². The first-order valence-corrected chi connectivity index (χ1v) is 6.94. The largest absolute Gasteiger partial charge is 0.381 e. The maximum atomic E-state index is 4.02. The van der Waals surface area contributed by atoms with E-state index in [1.807, 2.05) is 6.20 Å². The third-order valence-corrected chi connectivity index (χ3v) is 3.87. The lowest BCUT2D eigenvalue weighted by atomic mass is 10.1. The molecule has 19 heavy (non-hydrogen) atoms. The van der Waals surface area contributed by atoms with Gasteiger partial charge in [0, 0.05) is 22.1 Å². The number of H-pyrrole nitrogens is 1. The smallest absolute Gasteiger partial charge is 0.0670 e. The Morgan fingerprint density at radius 2 is 2.11 bits per heavy atom. The van der Waals surface area contributed by atoms with E-state index in [2.05, 4.69) is 74.8 Å². The molecule has 2 N–H and O–H groups in total. The molecule has 0 amide bonds. The molecule has 0 radical (unpaired) electrons. The highest BCUT2D eigenvalue weighted by molar-refractivity contribution is 9.10. The van der Waals surface area contributed by atoms with Gasteiger partial charge in [-0.25, -0.2) is 0 Å². The fourth-order valence-corrected chi connectivity index (χ4v) is 2.67. The highest BCUT2D eigenvalue weighted by Crippen LogP contribution is 2.21. The molecule has 2 aromatic carbocycles. The van der Waals surface area contributed by atoms with Crippen molar-refractivity contribution in [3.63, 3.8) is 0 Å². The Kier molecular flexibility index (Phi) is 3.25. The second-order valence-corrected chi connectivity index (χ2v) is 5.47. The molecule has 1 aromatic heterocycles. The third-order valence-electron chi connectivity index (χ3n) is 3.13. The van der Waals surface area contributed by atoms with E-state index in [1.54, 1.807) is 0 Å². The molecular formula is C15H14BrN3. The van der Waals surface area contributed by atoms with Crippen LogP contribution in [0, 0.1) is 6.92 Å². The van der Waals surface area contributed by atoms with Crippen molar-refractivity contribution in [2.24, 2.45) is 0 Å². The average Bonchev–Trinajstić information content (AvgIpc) is 2.85. The Labute approximate surface area is 120 Å². The Bertz CT molecular complexity index is 718. The van der Waals surface area contributed by atoms with Crippen LogP contribution in [-0.2, 0) is 6.54 Å². The minimum Gasteiger partial charge on any atom is -0.381 e. The summed E-state index contributed by atoms with van der Waals surface area (Å²) in [5.41, 5.74) is 4.64. The van der Waals surface area contributed by atoms with E-state index < -0.39 is 0 Å². The van der Waals surface area contributed by atoms with E-state index in [9.17, 15) is 0 Å². The minimum absolute atomic E-state index is 0.792. The highest BCUT2D eigenvalue weighted by Gasteiger charge is 2.01. The number of halogens is 1. The van der Waals surface area contributed by atoms with Crippen molar-refractivity contribution < 1.29 is 0 Å². The van der Waals surface area contributed by atoms with E-state index in [-0.39, 0.29) is 0 Å².